The van der Waals surface area contributed by atoms with Crippen LogP contribution in [0.25, 0.3) is 10.9 Å². The monoisotopic (exact) mass is 403 g/mol. The number of aromatic hydroxyl groups is 1. The maximum absolute atomic E-state index is 11.9. The standard InChI is InChI=1S/C24H37NO4/c1-2-3-4-5-6-7-8-9-10-11-12-13-14-15-18-28-24-25-22-17-16-20(26)19-21(22)23(27)29-24/h16-17,19,26H,2-15,18H2,1H3. The molecule has 5 nitrogen and oxygen atoms in total. The molecule has 0 aliphatic rings. The summed E-state index contributed by atoms with van der Waals surface area (Å²) in [6, 6.07) is 4.43. The lowest BCUT2D eigenvalue weighted by molar-refractivity contribution is 0.211. The van der Waals surface area contributed by atoms with Gasteiger partial charge in [0.2, 0.25) is 0 Å². The Morgan fingerprint density at radius 2 is 1.41 bits per heavy atom. The Balaban J connectivity index is 1.46. The molecule has 2 rings (SSSR count). The molecule has 5 heteroatoms. The number of rotatable bonds is 16. The van der Waals surface area contributed by atoms with E-state index in [1.165, 1.54) is 89.2 Å². The van der Waals surface area contributed by atoms with E-state index in [0.717, 1.165) is 12.8 Å². The average Bonchev–Trinajstić information content (AvgIpc) is 2.71. The molecule has 0 fully saturated rings. The van der Waals surface area contributed by atoms with Gasteiger partial charge in [0.1, 0.15) is 5.75 Å². The molecule has 1 N–H and O–H groups in total. The van der Waals surface area contributed by atoms with Gasteiger partial charge in [0.25, 0.3) is 0 Å². The molecule has 1 aromatic heterocycles. The SMILES string of the molecule is CCCCCCCCCCCCCCCCOc1nc2ccc(O)cc2c(=O)o1. The summed E-state index contributed by atoms with van der Waals surface area (Å²) in [5, 5.41) is 9.69. The van der Waals surface area contributed by atoms with Crippen molar-refractivity contribution in [2.75, 3.05) is 6.61 Å². The van der Waals surface area contributed by atoms with E-state index in [9.17, 15) is 9.90 Å². The second kappa shape index (κ2) is 14.0. The first-order valence-electron chi connectivity index (χ1n) is 11.5. The van der Waals surface area contributed by atoms with E-state index < -0.39 is 5.63 Å². The predicted molar refractivity (Wildman–Crippen MR) is 118 cm³/mol. The van der Waals surface area contributed by atoms with E-state index in [-0.39, 0.29) is 17.2 Å². The minimum atomic E-state index is -0.540. The molecule has 0 radical (unpaired) electrons. The van der Waals surface area contributed by atoms with Crippen molar-refractivity contribution < 1.29 is 14.3 Å². The lowest BCUT2D eigenvalue weighted by Gasteiger charge is -2.05. The molecule has 0 aliphatic heterocycles. The highest BCUT2D eigenvalue weighted by Gasteiger charge is 2.08. The number of aromatic nitrogens is 1. The molecule has 2 aromatic rings. The Kier molecular flexibility index (Phi) is 11.2. The first-order valence-corrected chi connectivity index (χ1v) is 11.5. The number of hydrogen-bond donors (Lipinski definition) is 1. The van der Waals surface area contributed by atoms with Gasteiger partial charge in [0, 0.05) is 0 Å². The molecule has 0 spiro atoms. The fourth-order valence-corrected chi connectivity index (χ4v) is 3.56. The van der Waals surface area contributed by atoms with Gasteiger partial charge < -0.3 is 14.3 Å². The quantitative estimate of drug-likeness (QED) is 0.314. The van der Waals surface area contributed by atoms with Crippen molar-refractivity contribution in [1.29, 1.82) is 0 Å². The van der Waals surface area contributed by atoms with Crippen LogP contribution in [0.5, 0.6) is 11.8 Å². The van der Waals surface area contributed by atoms with Crippen LogP contribution in [0, 0.1) is 0 Å². The molecule has 0 atom stereocenters. The third kappa shape index (κ3) is 9.33. The van der Waals surface area contributed by atoms with Crippen molar-refractivity contribution in [1.82, 2.24) is 4.98 Å². The van der Waals surface area contributed by atoms with Crippen LogP contribution in [0.15, 0.2) is 27.4 Å². The largest absolute Gasteiger partial charge is 0.508 e. The molecular formula is C24H37NO4. The Morgan fingerprint density at radius 1 is 0.862 bits per heavy atom. The Morgan fingerprint density at radius 3 is 2.00 bits per heavy atom. The summed E-state index contributed by atoms with van der Waals surface area (Å²) >= 11 is 0. The maximum atomic E-state index is 11.9. The Hall–Kier alpha value is -2.04. The van der Waals surface area contributed by atoms with Gasteiger partial charge in [-0.3, -0.25) is 0 Å². The summed E-state index contributed by atoms with van der Waals surface area (Å²) in [6.07, 6.45) is 18.4. The van der Waals surface area contributed by atoms with Crippen molar-refractivity contribution in [3.8, 4) is 11.8 Å². The number of nitrogens with zero attached hydrogens (tertiary/aromatic N) is 1. The highest BCUT2D eigenvalue weighted by Crippen LogP contribution is 2.18. The summed E-state index contributed by atoms with van der Waals surface area (Å²) in [4.78, 5) is 16.1. The second-order valence-electron chi connectivity index (χ2n) is 7.91. The second-order valence-corrected chi connectivity index (χ2v) is 7.91. The topological polar surface area (TPSA) is 72.6 Å². The van der Waals surface area contributed by atoms with E-state index in [4.69, 9.17) is 9.15 Å². The highest BCUT2D eigenvalue weighted by molar-refractivity contribution is 5.78. The number of ether oxygens (including phenoxy) is 1. The van der Waals surface area contributed by atoms with E-state index in [1.807, 2.05) is 0 Å². The zero-order valence-corrected chi connectivity index (χ0v) is 18.0. The lowest BCUT2D eigenvalue weighted by Crippen LogP contribution is -2.06. The summed E-state index contributed by atoms with van der Waals surface area (Å²) in [7, 11) is 0. The molecule has 1 heterocycles. The fourth-order valence-electron chi connectivity index (χ4n) is 3.56. The van der Waals surface area contributed by atoms with Crippen LogP contribution in [0.2, 0.25) is 0 Å². The molecule has 1 aromatic carbocycles. The van der Waals surface area contributed by atoms with Gasteiger partial charge in [-0.15, -0.1) is 0 Å². The maximum Gasteiger partial charge on any atom is 0.397 e. The van der Waals surface area contributed by atoms with Crippen molar-refractivity contribution in [3.63, 3.8) is 0 Å². The van der Waals surface area contributed by atoms with Crippen molar-refractivity contribution in [3.05, 3.63) is 28.6 Å². The van der Waals surface area contributed by atoms with Crippen LogP contribution in [0.4, 0.5) is 0 Å². The van der Waals surface area contributed by atoms with Gasteiger partial charge >= 0.3 is 11.7 Å². The number of unbranched alkanes of at least 4 members (excludes halogenated alkanes) is 13. The normalized spacial score (nSPS) is 11.2. The predicted octanol–water partition coefficient (Wildman–Crippen LogP) is 6.75. The fraction of sp³-hybridized carbons (Fsp3) is 0.667. The molecule has 0 saturated carbocycles. The zero-order chi connectivity index (χ0) is 20.7. The van der Waals surface area contributed by atoms with E-state index in [2.05, 4.69) is 11.9 Å². The highest BCUT2D eigenvalue weighted by atomic mass is 16.6. The smallest absolute Gasteiger partial charge is 0.397 e. The summed E-state index contributed by atoms with van der Waals surface area (Å²) in [6.45, 7) is 2.76. The first kappa shape index (κ1) is 23.2. The van der Waals surface area contributed by atoms with E-state index in [1.54, 1.807) is 6.07 Å². The average molecular weight is 404 g/mol. The van der Waals surface area contributed by atoms with E-state index in [0.29, 0.717) is 12.1 Å². The van der Waals surface area contributed by atoms with Gasteiger partial charge in [0.15, 0.2) is 0 Å². The molecule has 0 amide bonds. The summed E-state index contributed by atoms with van der Waals surface area (Å²) < 4.78 is 10.6. The zero-order valence-electron chi connectivity index (χ0n) is 18.0. The Labute approximate surface area is 174 Å². The summed E-state index contributed by atoms with van der Waals surface area (Å²) in [5.41, 5.74) is -0.0723. The van der Waals surface area contributed by atoms with Crippen molar-refractivity contribution in [2.45, 2.75) is 96.8 Å². The van der Waals surface area contributed by atoms with Crippen molar-refractivity contribution >= 4 is 10.9 Å². The molecule has 162 valence electrons. The van der Waals surface area contributed by atoms with Crippen LogP contribution in [0.3, 0.4) is 0 Å². The molecule has 0 bridgehead atoms. The number of phenolic OH excluding ortho intramolecular Hbond substituents is 1. The first-order chi connectivity index (χ1) is 14.2. The van der Waals surface area contributed by atoms with Crippen LogP contribution >= 0.6 is 0 Å². The van der Waals surface area contributed by atoms with Gasteiger partial charge in [0.05, 0.1) is 17.5 Å². The van der Waals surface area contributed by atoms with Crippen LogP contribution in [0.1, 0.15) is 96.8 Å². The minimum Gasteiger partial charge on any atom is -0.508 e. The van der Waals surface area contributed by atoms with Crippen LogP contribution < -0.4 is 10.4 Å². The van der Waals surface area contributed by atoms with Crippen LogP contribution in [-0.2, 0) is 0 Å². The minimum absolute atomic E-state index is 0.00267. The number of fused-ring (bicyclic) bond motifs is 1. The molecule has 0 unspecified atom stereocenters. The molecule has 29 heavy (non-hydrogen) atoms. The summed E-state index contributed by atoms with van der Waals surface area (Å²) in [5.74, 6) is 0.0164. The van der Waals surface area contributed by atoms with Crippen LogP contribution in [-0.4, -0.2) is 16.7 Å². The van der Waals surface area contributed by atoms with Gasteiger partial charge in [-0.25, -0.2) is 4.79 Å². The van der Waals surface area contributed by atoms with Gasteiger partial charge in [-0.1, -0.05) is 90.4 Å². The third-order valence-electron chi connectivity index (χ3n) is 5.32. The molecular weight excluding hydrogens is 366 g/mol. The molecule has 0 saturated heterocycles. The third-order valence-corrected chi connectivity index (χ3v) is 5.32. The van der Waals surface area contributed by atoms with Gasteiger partial charge in [-0.05, 0) is 24.6 Å². The van der Waals surface area contributed by atoms with Crippen molar-refractivity contribution in [2.24, 2.45) is 0 Å². The Bertz CT molecular complexity index is 756. The lowest BCUT2D eigenvalue weighted by atomic mass is 10.0. The molecule has 0 aliphatic carbocycles. The number of benzene rings is 1. The number of hydrogen-bond acceptors (Lipinski definition) is 5. The van der Waals surface area contributed by atoms with Gasteiger partial charge in [-0.2, -0.15) is 4.98 Å². The van der Waals surface area contributed by atoms with E-state index >= 15 is 0 Å². The number of phenols is 1.